The van der Waals surface area contributed by atoms with E-state index in [9.17, 15) is 17.2 Å². The Kier molecular flexibility index (Phi) is 4.52. The van der Waals surface area contributed by atoms with Gasteiger partial charge in [0, 0.05) is 6.04 Å². The monoisotopic (exact) mass is 289 g/mol. The van der Waals surface area contributed by atoms with Gasteiger partial charge in [-0.1, -0.05) is 31.7 Å². The van der Waals surface area contributed by atoms with Crippen molar-refractivity contribution < 1.29 is 17.2 Å². The van der Waals surface area contributed by atoms with Gasteiger partial charge in [-0.3, -0.25) is 0 Å². The van der Waals surface area contributed by atoms with Gasteiger partial charge in [-0.05, 0) is 25.0 Å². The molecule has 0 aromatic heterocycles. The number of hydrogen-bond acceptors (Lipinski definition) is 2. The summed E-state index contributed by atoms with van der Waals surface area (Å²) in [5.41, 5.74) is 0. The van der Waals surface area contributed by atoms with Crippen LogP contribution in [0, 0.1) is 11.6 Å². The van der Waals surface area contributed by atoms with E-state index in [0.29, 0.717) is 0 Å². The standard InChI is InChI=1S/C13H17F2NO2S/c14-11-8-5-9-12(13(11)15)19(17,18)16-10-6-3-1-2-4-7-10/h5,8-10,16H,1-4,6-7H2. The average molecular weight is 289 g/mol. The molecule has 0 saturated heterocycles. The molecule has 0 bridgehead atoms. The maximum absolute atomic E-state index is 13.5. The van der Waals surface area contributed by atoms with Gasteiger partial charge in [-0.25, -0.2) is 21.9 Å². The quantitative estimate of drug-likeness (QED) is 0.870. The van der Waals surface area contributed by atoms with Gasteiger partial charge in [0.15, 0.2) is 11.6 Å². The maximum Gasteiger partial charge on any atom is 0.243 e. The van der Waals surface area contributed by atoms with Gasteiger partial charge in [0.2, 0.25) is 10.0 Å². The third kappa shape index (κ3) is 3.51. The number of halogens is 2. The Hall–Kier alpha value is -1.01. The molecule has 0 amide bonds. The summed E-state index contributed by atoms with van der Waals surface area (Å²) in [6.45, 7) is 0. The predicted molar refractivity (Wildman–Crippen MR) is 68.2 cm³/mol. The molecule has 1 aliphatic carbocycles. The highest BCUT2D eigenvalue weighted by atomic mass is 32.2. The molecule has 19 heavy (non-hydrogen) atoms. The Morgan fingerprint density at radius 1 is 1.05 bits per heavy atom. The molecular weight excluding hydrogens is 272 g/mol. The molecule has 1 aromatic rings. The summed E-state index contributed by atoms with van der Waals surface area (Å²) >= 11 is 0. The Balaban J connectivity index is 2.19. The molecule has 0 unspecified atom stereocenters. The minimum absolute atomic E-state index is 0.185. The Morgan fingerprint density at radius 2 is 1.68 bits per heavy atom. The van der Waals surface area contributed by atoms with Crippen molar-refractivity contribution in [3.8, 4) is 0 Å². The van der Waals surface area contributed by atoms with Crippen LogP contribution < -0.4 is 4.72 Å². The van der Waals surface area contributed by atoms with E-state index in [0.717, 1.165) is 50.7 Å². The maximum atomic E-state index is 13.5. The fraction of sp³-hybridized carbons (Fsp3) is 0.538. The minimum Gasteiger partial charge on any atom is -0.208 e. The van der Waals surface area contributed by atoms with Crippen LogP contribution in [0.15, 0.2) is 23.1 Å². The molecule has 2 rings (SSSR count). The number of sulfonamides is 1. The lowest BCUT2D eigenvalue weighted by Gasteiger charge is -2.16. The largest absolute Gasteiger partial charge is 0.243 e. The Morgan fingerprint density at radius 3 is 2.32 bits per heavy atom. The van der Waals surface area contributed by atoms with Crippen molar-refractivity contribution in [1.29, 1.82) is 0 Å². The van der Waals surface area contributed by atoms with Gasteiger partial charge in [0.1, 0.15) is 4.90 Å². The number of benzene rings is 1. The molecule has 0 atom stereocenters. The summed E-state index contributed by atoms with van der Waals surface area (Å²) in [7, 11) is -3.99. The first-order valence-corrected chi connectivity index (χ1v) is 7.95. The molecule has 1 aliphatic rings. The Bertz CT molecular complexity index is 538. The molecule has 106 valence electrons. The first-order valence-electron chi connectivity index (χ1n) is 6.47. The number of hydrogen-bond donors (Lipinski definition) is 1. The number of rotatable bonds is 3. The van der Waals surface area contributed by atoms with E-state index in [4.69, 9.17) is 0 Å². The summed E-state index contributed by atoms with van der Waals surface area (Å²) in [6, 6.07) is 2.99. The summed E-state index contributed by atoms with van der Waals surface area (Å²) in [6.07, 6.45) is 5.59. The van der Waals surface area contributed by atoms with E-state index < -0.39 is 26.6 Å². The molecule has 0 heterocycles. The molecule has 1 fully saturated rings. The first-order chi connectivity index (χ1) is 9.00. The smallest absolute Gasteiger partial charge is 0.208 e. The van der Waals surface area contributed by atoms with Crippen molar-refractivity contribution >= 4 is 10.0 Å². The summed E-state index contributed by atoms with van der Waals surface area (Å²) in [5, 5.41) is 0. The van der Waals surface area contributed by atoms with Crippen molar-refractivity contribution in [2.45, 2.75) is 49.5 Å². The average Bonchev–Trinajstić information content (AvgIpc) is 2.60. The van der Waals surface area contributed by atoms with Crippen molar-refractivity contribution in [3.63, 3.8) is 0 Å². The van der Waals surface area contributed by atoms with Crippen molar-refractivity contribution in [2.24, 2.45) is 0 Å². The van der Waals surface area contributed by atoms with E-state index in [1.165, 1.54) is 6.07 Å². The SMILES string of the molecule is O=S(=O)(NC1CCCCCC1)c1cccc(F)c1F. The predicted octanol–water partition coefficient (Wildman–Crippen LogP) is 2.97. The van der Waals surface area contributed by atoms with Crippen LogP contribution in [0.1, 0.15) is 38.5 Å². The molecule has 3 nitrogen and oxygen atoms in total. The van der Waals surface area contributed by atoms with E-state index >= 15 is 0 Å². The number of nitrogens with one attached hydrogen (secondary N) is 1. The highest BCUT2D eigenvalue weighted by Gasteiger charge is 2.25. The van der Waals surface area contributed by atoms with E-state index in [1.54, 1.807) is 0 Å². The van der Waals surface area contributed by atoms with E-state index in [-0.39, 0.29) is 6.04 Å². The van der Waals surface area contributed by atoms with Gasteiger partial charge < -0.3 is 0 Å². The van der Waals surface area contributed by atoms with Crippen LogP contribution in [0.3, 0.4) is 0 Å². The summed E-state index contributed by atoms with van der Waals surface area (Å²) in [5.74, 6) is -2.47. The molecule has 0 aliphatic heterocycles. The van der Waals surface area contributed by atoms with E-state index in [1.807, 2.05) is 0 Å². The molecule has 1 saturated carbocycles. The van der Waals surface area contributed by atoms with Crippen LogP contribution in [0.5, 0.6) is 0 Å². The highest BCUT2D eigenvalue weighted by molar-refractivity contribution is 7.89. The van der Waals surface area contributed by atoms with Crippen molar-refractivity contribution in [1.82, 2.24) is 4.72 Å². The molecule has 6 heteroatoms. The summed E-state index contributed by atoms with van der Waals surface area (Å²) < 4.78 is 53.2. The zero-order valence-corrected chi connectivity index (χ0v) is 11.3. The Labute approximate surface area is 112 Å². The highest BCUT2D eigenvalue weighted by Crippen LogP contribution is 2.21. The fourth-order valence-electron chi connectivity index (χ4n) is 2.37. The lowest BCUT2D eigenvalue weighted by atomic mass is 10.1. The van der Waals surface area contributed by atoms with Gasteiger partial charge in [0.25, 0.3) is 0 Å². The van der Waals surface area contributed by atoms with Crippen molar-refractivity contribution in [3.05, 3.63) is 29.8 Å². The molecular formula is C13H17F2NO2S. The second kappa shape index (κ2) is 5.96. The van der Waals surface area contributed by atoms with Gasteiger partial charge >= 0.3 is 0 Å². The van der Waals surface area contributed by atoms with Gasteiger partial charge in [-0.2, -0.15) is 0 Å². The lowest BCUT2D eigenvalue weighted by molar-refractivity contribution is 0.475. The zero-order chi connectivity index (χ0) is 13.9. The lowest BCUT2D eigenvalue weighted by Crippen LogP contribution is -2.35. The van der Waals surface area contributed by atoms with Gasteiger partial charge in [-0.15, -0.1) is 0 Å². The minimum atomic E-state index is -3.99. The van der Waals surface area contributed by atoms with Crippen LogP contribution in [0.2, 0.25) is 0 Å². The third-order valence-electron chi connectivity index (χ3n) is 3.38. The van der Waals surface area contributed by atoms with Crippen molar-refractivity contribution in [2.75, 3.05) is 0 Å². The van der Waals surface area contributed by atoms with Gasteiger partial charge in [0.05, 0.1) is 0 Å². The zero-order valence-electron chi connectivity index (χ0n) is 10.5. The second-order valence-electron chi connectivity index (χ2n) is 4.86. The summed E-state index contributed by atoms with van der Waals surface area (Å²) in [4.78, 5) is -0.614. The molecule has 1 aromatic carbocycles. The van der Waals surface area contributed by atoms with Crippen LogP contribution in [-0.4, -0.2) is 14.5 Å². The fourth-order valence-corrected chi connectivity index (χ4v) is 3.76. The van der Waals surface area contributed by atoms with Crippen LogP contribution in [0.25, 0.3) is 0 Å². The van der Waals surface area contributed by atoms with Crippen LogP contribution in [0.4, 0.5) is 8.78 Å². The molecule has 0 radical (unpaired) electrons. The normalized spacial score (nSPS) is 18.2. The van der Waals surface area contributed by atoms with E-state index in [2.05, 4.69) is 4.72 Å². The van der Waals surface area contributed by atoms with Crippen LogP contribution >= 0.6 is 0 Å². The first kappa shape index (κ1) is 14.4. The third-order valence-corrected chi connectivity index (χ3v) is 4.92. The van der Waals surface area contributed by atoms with Crippen LogP contribution in [-0.2, 0) is 10.0 Å². The topological polar surface area (TPSA) is 46.2 Å². The second-order valence-corrected chi connectivity index (χ2v) is 6.54. The molecule has 0 spiro atoms. The molecule has 1 N–H and O–H groups in total.